The van der Waals surface area contributed by atoms with Crippen molar-refractivity contribution in [2.45, 2.75) is 52.0 Å². The molecule has 224 valence electrons. The Morgan fingerprint density at radius 1 is 1.00 bits per heavy atom. The summed E-state index contributed by atoms with van der Waals surface area (Å²) in [7, 11) is 1.68. The number of carbonyl (C=O) groups excluding carboxylic acids is 3. The van der Waals surface area contributed by atoms with Gasteiger partial charge in [-0.15, -0.1) is 0 Å². The van der Waals surface area contributed by atoms with Gasteiger partial charge in [-0.2, -0.15) is 0 Å². The zero-order valence-corrected chi connectivity index (χ0v) is 24.9. The number of anilines is 1. The summed E-state index contributed by atoms with van der Waals surface area (Å²) in [4.78, 5) is 53.5. The van der Waals surface area contributed by atoms with Crippen molar-refractivity contribution in [1.29, 1.82) is 0 Å². The summed E-state index contributed by atoms with van der Waals surface area (Å²) in [6, 6.07) is 18.0. The van der Waals surface area contributed by atoms with Crippen LogP contribution in [0.15, 0.2) is 65.5 Å². The molecule has 0 spiro atoms. The Kier molecular flexibility index (Phi) is 8.92. The number of imidazole rings is 1. The molecule has 2 amide bonds. The molecule has 0 saturated heterocycles. The number of Topliss-reactive ketones (excluding diaryl/α,β-unsaturated/α-hetero) is 1. The summed E-state index contributed by atoms with van der Waals surface area (Å²) in [6.07, 6.45) is 3.65. The molecule has 1 aliphatic rings. The van der Waals surface area contributed by atoms with E-state index in [4.69, 9.17) is 5.73 Å². The van der Waals surface area contributed by atoms with Crippen molar-refractivity contribution in [3.05, 3.63) is 87.8 Å². The van der Waals surface area contributed by atoms with Crippen LogP contribution in [-0.2, 0) is 23.1 Å². The molecule has 3 aromatic carbocycles. The summed E-state index contributed by atoms with van der Waals surface area (Å²) in [5, 5.41) is 5.97. The minimum absolute atomic E-state index is 0.0285. The van der Waals surface area contributed by atoms with Gasteiger partial charge in [-0.05, 0) is 98.5 Å². The maximum atomic E-state index is 13.6. The van der Waals surface area contributed by atoms with Gasteiger partial charge in [0.25, 0.3) is 0 Å². The number of H-pyrrole nitrogens is 1. The molecule has 4 aromatic rings. The van der Waals surface area contributed by atoms with Gasteiger partial charge in [-0.3, -0.25) is 19.0 Å². The molecule has 1 unspecified atom stereocenters. The first-order chi connectivity index (χ1) is 20.6. The van der Waals surface area contributed by atoms with E-state index in [0.717, 1.165) is 53.5 Å². The molecule has 1 saturated carbocycles. The molecule has 5 N–H and O–H groups in total. The van der Waals surface area contributed by atoms with E-state index >= 15 is 0 Å². The molecule has 43 heavy (non-hydrogen) atoms. The maximum absolute atomic E-state index is 13.6. The van der Waals surface area contributed by atoms with Crippen molar-refractivity contribution in [1.82, 2.24) is 14.9 Å². The van der Waals surface area contributed by atoms with Crippen LogP contribution < -0.4 is 22.1 Å². The van der Waals surface area contributed by atoms with Gasteiger partial charge in [-0.1, -0.05) is 36.4 Å². The Bertz CT molecular complexity index is 1710. The van der Waals surface area contributed by atoms with E-state index in [1.54, 1.807) is 32.2 Å². The number of fused-ring (bicyclic) bond motifs is 1. The number of rotatable bonds is 9. The summed E-state index contributed by atoms with van der Waals surface area (Å²) < 4.78 is 1.51. The zero-order chi connectivity index (χ0) is 30.7. The van der Waals surface area contributed by atoms with Crippen LogP contribution in [0.25, 0.3) is 22.2 Å². The number of ketones is 1. The van der Waals surface area contributed by atoms with Crippen LogP contribution >= 0.6 is 0 Å². The Morgan fingerprint density at radius 3 is 2.37 bits per heavy atom. The van der Waals surface area contributed by atoms with Gasteiger partial charge < -0.3 is 21.4 Å². The number of amides is 2. The second kappa shape index (κ2) is 12.8. The second-order valence-electron chi connectivity index (χ2n) is 11.7. The van der Waals surface area contributed by atoms with Gasteiger partial charge in [0.05, 0.1) is 11.0 Å². The SMILES string of the molecule is CC(=O)c1ccc(-c2ccc(CC(NC(=O)C3CCC(CN)CC3)C(=O)Nc3ccc4c(c3)[nH]c(=O)n4C)cc2)c(C)c1. The standard InChI is InChI=1S/C34H39N5O4/c1-20-16-26(21(2)40)12-14-28(20)24-8-4-22(5-9-24)17-30(37-32(41)25-10-6-23(19-35)7-11-25)33(42)36-27-13-15-31-29(18-27)38-34(43)39(31)3/h4-5,8-9,12-16,18,23,25,30H,6-7,10-11,17,19,35H2,1-3H3,(H,36,42)(H,37,41)(H,38,43). The van der Waals surface area contributed by atoms with Gasteiger partial charge in [-0.25, -0.2) is 4.79 Å². The number of nitrogens with one attached hydrogen (secondary N) is 3. The highest BCUT2D eigenvalue weighted by Gasteiger charge is 2.29. The van der Waals surface area contributed by atoms with E-state index < -0.39 is 6.04 Å². The van der Waals surface area contributed by atoms with Crippen molar-refractivity contribution in [2.75, 3.05) is 11.9 Å². The fraction of sp³-hybridized carbons (Fsp3) is 0.353. The molecule has 1 aromatic heterocycles. The predicted octanol–water partition coefficient (Wildman–Crippen LogP) is 4.48. The Morgan fingerprint density at radius 2 is 1.72 bits per heavy atom. The second-order valence-corrected chi connectivity index (χ2v) is 11.7. The summed E-state index contributed by atoms with van der Waals surface area (Å²) in [5.41, 5.74) is 12.1. The number of benzene rings is 3. The lowest BCUT2D eigenvalue weighted by atomic mass is 9.81. The van der Waals surface area contributed by atoms with Gasteiger partial charge in [0, 0.05) is 30.6 Å². The number of hydrogen-bond donors (Lipinski definition) is 4. The lowest BCUT2D eigenvalue weighted by Gasteiger charge is -2.28. The third kappa shape index (κ3) is 6.78. The highest BCUT2D eigenvalue weighted by atomic mass is 16.2. The van der Waals surface area contributed by atoms with E-state index in [1.165, 1.54) is 4.57 Å². The smallest absolute Gasteiger partial charge is 0.326 e. The topological polar surface area (TPSA) is 139 Å². The third-order valence-electron chi connectivity index (χ3n) is 8.69. The van der Waals surface area contributed by atoms with Gasteiger partial charge in [0.15, 0.2) is 5.78 Å². The van der Waals surface area contributed by atoms with Crippen molar-refractivity contribution in [3.8, 4) is 11.1 Å². The number of aromatic amines is 1. The minimum atomic E-state index is -0.798. The number of nitrogens with two attached hydrogens (primary N) is 1. The lowest BCUT2D eigenvalue weighted by Crippen LogP contribution is -2.48. The molecule has 1 fully saturated rings. The monoisotopic (exact) mass is 581 g/mol. The lowest BCUT2D eigenvalue weighted by molar-refractivity contribution is -0.130. The Labute approximate surface area is 250 Å². The number of aromatic nitrogens is 2. The van der Waals surface area contributed by atoms with Crippen molar-refractivity contribution >= 4 is 34.3 Å². The predicted molar refractivity (Wildman–Crippen MR) is 169 cm³/mol. The van der Waals surface area contributed by atoms with E-state index in [9.17, 15) is 19.2 Å². The number of aryl methyl sites for hydroxylation is 2. The molecule has 5 rings (SSSR count). The Balaban J connectivity index is 1.35. The number of hydrogen-bond acceptors (Lipinski definition) is 5. The third-order valence-corrected chi connectivity index (χ3v) is 8.69. The van der Waals surface area contributed by atoms with Crippen LogP contribution in [0.1, 0.15) is 54.1 Å². The molecular weight excluding hydrogens is 542 g/mol. The van der Waals surface area contributed by atoms with E-state index in [-0.39, 0.29) is 29.2 Å². The van der Waals surface area contributed by atoms with Crippen LogP contribution in [0.2, 0.25) is 0 Å². The highest BCUT2D eigenvalue weighted by molar-refractivity contribution is 5.99. The largest absolute Gasteiger partial charge is 0.344 e. The van der Waals surface area contributed by atoms with Crippen LogP contribution in [0.4, 0.5) is 5.69 Å². The fourth-order valence-electron chi connectivity index (χ4n) is 5.97. The number of nitrogens with zero attached hydrogens (tertiary/aromatic N) is 1. The quantitative estimate of drug-likeness (QED) is 0.216. The fourth-order valence-corrected chi connectivity index (χ4v) is 5.97. The van der Waals surface area contributed by atoms with Gasteiger partial charge >= 0.3 is 5.69 Å². The van der Waals surface area contributed by atoms with E-state index in [1.807, 2.05) is 49.4 Å². The van der Waals surface area contributed by atoms with Crippen molar-refractivity contribution in [2.24, 2.45) is 24.6 Å². The average molecular weight is 582 g/mol. The number of carbonyl (C=O) groups is 3. The molecule has 1 aliphatic carbocycles. The first kappa shape index (κ1) is 30.0. The molecule has 9 nitrogen and oxygen atoms in total. The van der Waals surface area contributed by atoms with Crippen LogP contribution in [0.3, 0.4) is 0 Å². The van der Waals surface area contributed by atoms with Crippen LogP contribution in [0.5, 0.6) is 0 Å². The maximum Gasteiger partial charge on any atom is 0.326 e. The van der Waals surface area contributed by atoms with Crippen LogP contribution in [0, 0.1) is 18.8 Å². The molecule has 1 heterocycles. The molecular formula is C34H39N5O4. The summed E-state index contributed by atoms with van der Waals surface area (Å²) in [6.45, 7) is 4.17. The normalized spacial score (nSPS) is 17.4. The van der Waals surface area contributed by atoms with Gasteiger partial charge in [0.2, 0.25) is 11.8 Å². The average Bonchev–Trinajstić information content (AvgIpc) is 3.29. The molecule has 0 aliphatic heterocycles. The van der Waals surface area contributed by atoms with Crippen LogP contribution in [-0.4, -0.2) is 39.7 Å². The Hall–Kier alpha value is -4.50. The van der Waals surface area contributed by atoms with Crippen molar-refractivity contribution in [3.63, 3.8) is 0 Å². The summed E-state index contributed by atoms with van der Waals surface area (Å²) >= 11 is 0. The first-order valence-electron chi connectivity index (χ1n) is 14.8. The summed E-state index contributed by atoms with van der Waals surface area (Å²) in [5.74, 6) is -0.117. The zero-order valence-electron chi connectivity index (χ0n) is 24.9. The molecule has 9 heteroatoms. The van der Waals surface area contributed by atoms with Gasteiger partial charge in [0.1, 0.15) is 6.04 Å². The van der Waals surface area contributed by atoms with E-state index in [2.05, 4.69) is 15.6 Å². The minimum Gasteiger partial charge on any atom is -0.344 e. The van der Waals surface area contributed by atoms with Crippen molar-refractivity contribution < 1.29 is 14.4 Å². The molecule has 1 atom stereocenters. The first-order valence-corrected chi connectivity index (χ1v) is 14.8. The molecule has 0 bridgehead atoms. The highest BCUT2D eigenvalue weighted by Crippen LogP contribution is 2.29. The molecule has 0 radical (unpaired) electrons. The van der Waals surface area contributed by atoms with E-state index in [0.29, 0.717) is 35.7 Å².